The maximum atomic E-state index is 11.5. The van der Waals surface area contributed by atoms with Crippen LogP contribution in [0.15, 0.2) is 30.5 Å². The number of aryl methyl sites for hydroxylation is 1. The Hall–Kier alpha value is -1.16. The van der Waals surface area contributed by atoms with E-state index in [0.717, 1.165) is 17.4 Å². The topological polar surface area (TPSA) is 25.9 Å². The molecule has 0 saturated heterocycles. The fraction of sp³-hybridized carbons (Fsp3) is 0.200. The maximum absolute atomic E-state index is 11.5. The van der Waals surface area contributed by atoms with Crippen LogP contribution in [0.4, 0.5) is 0 Å². The summed E-state index contributed by atoms with van der Waals surface area (Å²) in [6, 6.07) is 7.96. The highest BCUT2D eigenvalue weighted by Gasteiger charge is 2.28. The summed E-state index contributed by atoms with van der Waals surface area (Å²) in [7, 11) is 0. The van der Waals surface area contributed by atoms with Crippen LogP contribution >= 0.6 is 0 Å². The third-order valence-electron chi connectivity index (χ3n) is 2.50. The van der Waals surface area contributed by atoms with Gasteiger partial charge in [0.2, 0.25) is 6.20 Å². The number of halogens is 1. The van der Waals surface area contributed by atoms with E-state index < -0.39 is 0 Å². The Balaban J connectivity index is 0.000000750. The molecule has 72 valence electrons. The summed E-state index contributed by atoms with van der Waals surface area (Å²) in [5.74, 6) is 0.196. The van der Waals surface area contributed by atoms with Crippen molar-refractivity contribution < 1.29 is 26.5 Å². The monoisotopic (exact) mass is 252 g/mol. The van der Waals surface area contributed by atoms with Crippen molar-refractivity contribution in [1.29, 1.82) is 0 Å². The second kappa shape index (κ2) is 3.20. The normalized spacial score (nSPS) is 14.1. The molecule has 0 bridgehead atoms. The van der Waals surface area contributed by atoms with E-state index >= 15 is 0 Å². The van der Waals surface area contributed by atoms with Crippen LogP contribution in [0.3, 0.4) is 0 Å². The maximum Gasteiger partial charge on any atom is 0.289 e. The summed E-state index contributed by atoms with van der Waals surface area (Å²) in [6.07, 6.45) is 2.66. The molecule has 1 aromatic carbocycles. The molecule has 0 saturated carbocycles. The Labute approximate surface area is 91.7 Å². The van der Waals surface area contributed by atoms with Crippen molar-refractivity contribution in [2.24, 2.45) is 0 Å². The summed E-state index contributed by atoms with van der Waals surface area (Å²) < 4.78 is 3.74. The molecule has 1 aliphatic rings. The number of nitrogens with zero attached hydrogens (tertiary/aromatic N) is 2. The summed E-state index contributed by atoms with van der Waals surface area (Å²) in [6.45, 7) is 0.813. The zero-order valence-electron chi connectivity index (χ0n) is 7.48. The molecule has 0 fully saturated rings. The van der Waals surface area contributed by atoms with Crippen LogP contribution in [-0.4, -0.2) is 10.6 Å². The van der Waals surface area contributed by atoms with Gasteiger partial charge >= 0.3 is 0 Å². The molecule has 3 rings (SSSR count). The Morgan fingerprint density at radius 3 is 2.93 bits per heavy atom. The van der Waals surface area contributed by atoms with Crippen LogP contribution in [0, 0.1) is 0 Å². The van der Waals surface area contributed by atoms with Crippen molar-refractivity contribution in [3.63, 3.8) is 0 Å². The lowest BCUT2D eigenvalue weighted by Crippen LogP contribution is -3.00. The Bertz CT molecular complexity index is 504. The van der Waals surface area contributed by atoms with Crippen molar-refractivity contribution in [1.82, 2.24) is 4.68 Å². The van der Waals surface area contributed by atoms with Gasteiger partial charge in [-0.15, -0.1) is 4.68 Å². The van der Waals surface area contributed by atoms with Crippen molar-refractivity contribution in [3.8, 4) is 0 Å². The first kappa shape index (κ1) is 9.40. The number of fused-ring (bicyclic) bond motifs is 3. The molecule has 0 radical (unpaired) electrons. The van der Waals surface area contributed by atoms with Gasteiger partial charge in [-0.2, -0.15) is 0 Å². The van der Waals surface area contributed by atoms with Crippen molar-refractivity contribution in [3.05, 3.63) is 30.5 Å². The molecule has 3 nitrogen and oxygen atoms in total. The highest BCUT2D eigenvalue weighted by Crippen LogP contribution is 2.14. The molecule has 1 aromatic heterocycles. The van der Waals surface area contributed by atoms with Gasteiger partial charge in [0.15, 0.2) is 6.54 Å². The average Bonchev–Trinajstić information content (AvgIpc) is 2.66. The highest BCUT2D eigenvalue weighted by atomic mass is 79.9. The quantitative estimate of drug-likeness (QED) is 0.498. The number of benzene rings is 1. The molecular formula is C10H9BrN2O. The van der Waals surface area contributed by atoms with E-state index in [0.29, 0.717) is 6.42 Å². The summed E-state index contributed by atoms with van der Waals surface area (Å²) in [4.78, 5) is 11.5. The lowest BCUT2D eigenvalue weighted by Gasteiger charge is -1.88. The molecule has 0 N–H and O–H groups in total. The molecular weight excluding hydrogens is 244 g/mol. The smallest absolute Gasteiger partial charge is 0.289 e. The minimum Gasteiger partial charge on any atom is -1.00 e. The van der Waals surface area contributed by atoms with E-state index in [-0.39, 0.29) is 22.9 Å². The van der Waals surface area contributed by atoms with Crippen LogP contribution in [0.5, 0.6) is 0 Å². The van der Waals surface area contributed by atoms with Gasteiger partial charge in [0, 0.05) is 0 Å². The van der Waals surface area contributed by atoms with E-state index in [4.69, 9.17) is 0 Å². The first-order valence-electron chi connectivity index (χ1n) is 4.40. The predicted molar refractivity (Wildman–Crippen MR) is 47.4 cm³/mol. The zero-order chi connectivity index (χ0) is 8.84. The van der Waals surface area contributed by atoms with Crippen molar-refractivity contribution in [2.45, 2.75) is 13.0 Å². The number of rotatable bonds is 0. The van der Waals surface area contributed by atoms with E-state index in [2.05, 4.69) is 0 Å². The van der Waals surface area contributed by atoms with Crippen LogP contribution in [-0.2, 0) is 6.54 Å². The number of carbonyl (C=O) groups excluding carboxylic acids is 1. The van der Waals surface area contributed by atoms with Crippen LogP contribution in [0.25, 0.3) is 10.9 Å². The van der Waals surface area contributed by atoms with Gasteiger partial charge in [-0.3, -0.25) is 4.79 Å². The molecule has 0 amide bonds. The second-order valence-corrected chi connectivity index (χ2v) is 3.31. The van der Waals surface area contributed by atoms with E-state index in [1.165, 1.54) is 0 Å². The predicted octanol–water partition coefficient (Wildman–Crippen LogP) is -2.02. The van der Waals surface area contributed by atoms with Crippen LogP contribution in [0.1, 0.15) is 11.2 Å². The van der Waals surface area contributed by atoms with Gasteiger partial charge in [-0.05, 0) is 12.1 Å². The van der Waals surface area contributed by atoms with Gasteiger partial charge < -0.3 is 17.0 Å². The van der Waals surface area contributed by atoms with Crippen LogP contribution in [0.2, 0.25) is 0 Å². The molecule has 0 unspecified atom stereocenters. The number of hydrogen-bond acceptors (Lipinski definition) is 1. The molecule has 2 aromatic rings. The van der Waals surface area contributed by atoms with Gasteiger partial charge in [-0.25, -0.2) is 0 Å². The molecule has 0 aliphatic carbocycles. The number of para-hydroxylation sites is 1. The standard InChI is InChI=1S/C10H9N2O.BrH/c13-10-5-6-11-7-8-3-1-2-4-9(8)12(10)11;/h1-4,7H,5-6H2;1H/q+1;/p-1. The minimum atomic E-state index is 0. The van der Waals surface area contributed by atoms with E-state index in [9.17, 15) is 4.79 Å². The number of hydrogen-bond donors (Lipinski definition) is 0. The summed E-state index contributed by atoms with van der Waals surface area (Å²) >= 11 is 0. The van der Waals surface area contributed by atoms with Gasteiger partial charge in [0.05, 0.1) is 11.8 Å². The molecule has 0 atom stereocenters. The van der Waals surface area contributed by atoms with Crippen LogP contribution < -0.4 is 21.7 Å². The molecule has 4 heteroatoms. The Morgan fingerprint density at radius 1 is 1.29 bits per heavy atom. The highest BCUT2D eigenvalue weighted by molar-refractivity contribution is 5.90. The number of carbonyl (C=O) groups is 1. The summed E-state index contributed by atoms with van der Waals surface area (Å²) in [5, 5.41) is 1.13. The first-order chi connectivity index (χ1) is 6.36. The van der Waals surface area contributed by atoms with E-state index in [1.807, 2.05) is 35.1 Å². The van der Waals surface area contributed by atoms with Crippen molar-refractivity contribution >= 4 is 16.8 Å². The third kappa shape index (κ3) is 1.10. The Morgan fingerprint density at radius 2 is 2.07 bits per heavy atom. The summed E-state index contributed by atoms with van der Waals surface area (Å²) in [5.41, 5.74) is 1.02. The molecule has 1 aliphatic heterocycles. The van der Waals surface area contributed by atoms with Gasteiger partial charge in [-0.1, -0.05) is 16.8 Å². The average molecular weight is 253 g/mol. The minimum absolute atomic E-state index is 0. The van der Waals surface area contributed by atoms with Crippen molar-refractivity contribution in [2.75, 3.05) is 0 Å². The molecule has 0 spiro atoms. The number of aromatic nitrogens is 2. The van der Waals surface area contributed by atoms with Gasteiger partial charge in [0.1, 0.15) is 5.52 Å². The SMILES string of the molecule is O=C1CC[n+]2cc3ccccc3n21.[Br-]. The fourth-order valence-corrected chi connectivity index (χ4v) is 1.90. The van der Waals surface area contributed by atoms with Gasteiger partial charge in [0.25, 0.3) is 5.91 Å². The first-order valence-corrected chi connectivity index (χ1v) is 4.40. The van der Waals surface area contributed by atoms with E-state index in [1.54, 1.807) is 4.68 Å². The largest absolute Gasteiger partial charge is 1.00 e. The Kier molecular flexibility index (Phi) is 2.15. The molecule has 14 heavy (non-hydrogen) atoms. The second-order valence-electron chi connectivity index (χ2n) is 3.31. The fourth-order valence-electron chi connectivity index (χ4n) is 1.90. The third-order valence-corrected chi connectivity index (χ3v) is 2.50. The molecule has 2 heterocycles. The zero-order valence-corrected chi connectivity index (χ0v) is 9.07. The lowest BCUT2D eigenvalue weighted by molar-refractivity contribution is -0.750. The lowest BCUT2D eigenvalue weighted by atomic mass is 10.2.